The minimum absolute atomic E-state index is 0.0266. The number of benzene rings is 1. The van der Waals surface area contributed by atoms with Crippen LogP contribution in [0.4, 0.5) is 11.4 Å². The second-order valence-electron chi connectivity index (χ2n) is 9.06. The number of nitrogens with zero attached hydrogens (tertiary/aromatic N) is 3. The van der Waals surface area contributed by atoms with Crippen LogP contribution in [0, 0.1) is 0 Å². The zero-order valence-electron chi connectivity index (χ0n) is 20.0. The van der Waals surface area contributed by atoms with Crippen molar-refractivity contribution in [1.82, 2.24) is 14.7 Å². The molecule has 0 fully saturated rings. The van der Waals surface area contributed by atoms with Gasteiger partial charge in [-0.3, -0.25) is 24.3 Å². The minimum Gasteiger partial charge on any atom is -0.486 e. The van der Waals surface area contributed by atoms with Crippen molar-refractivity contribution < 1.29 is 23.9 Å². The molecular weight excluding hydrogens is 484 g/mol. The van der Waals surface area contributed by atoms with Crippen molar-refractivity contribution in [3.05, 3.63) is 58.9 Å². The van der Waals surface area contributed by atoms with Gasteiger partial charge in [-0.05, 0) is 62.1 Å². The minimum atomic E-state index is -1.12. The third-order valence-corrected chi connectivity index (χ3v) is 6.06. The van der Waals surface area contributed by atoms with Crippen LogP contribution < -0.4 is 31.2 Å². The molecule has 5 N–H and O–H groups in total. The Hall–Kier alpha value is -4.19. The van der Waals surface area contributed by atoms with E-state index in [-0.39, 0.29) is 16.3 Å². The number of nitrogens with two attached hydrogens (primary N) is 2. The lowest BCUT2D eigenvalue weighted by molar-refractivity contribution is -0.123. The van der Waals surface area contributed by atoms with Gasteiger partial charge in [0.05, 0.1) is 5.69 Å². The van der Waals surface area contributed by atoms with E-state index < -0.39 is 29.3 Å². The van der Waals surface area contributed by atoms with E-state index in [1.165, 1.54) is 17.3 Å². The first kappa shape index (κ1) is 24.9. The number of pyridine rings is 1. The van der Waals surface area contributed by atoms with Crippen LogP contribution in [0.5, 0.6) is 11.5 Å². The third kappa shape index (κ3) is 5.08. The normalized spacial score (nSPS) is 13.5. The quantitative estimate of drug-likeness (QED) is 0.455. The summed E-state index contributed by atoms with van der Waals surface area (Å²) < 4.78 is 15.3. The number of nitrogens with one attached hydrogen (secondary N) is 1. The lowest BCUT2D eigenvalue weighted by atomic mass is 10.0. The molecule has 3 aromatic rings. The van der Waals surface area contributed by atoms with Crippen molar-refractivity contribution >= 4 is 40.6 Å². The van der Waals surface area contributed by atoms with Crippen LogP contribution in [-0.4, -0.2) is 45.8 Å². The molecule has 0 saturated heterocycles. The number of rotatable bonds is 6. The third-order valence-electron chi connectivity index (χ3n) is 5.20. The van der Waals surface area contributed by atoms with E-state index >= 15 is 0 Å². The maximum Gasteiger partial charge on any atom is 0.273 e. The maximum atomic E-state index is 14.1. The first-order valence-electron chi connectivity index (χ1n) is 11.1. The summed E-state index contributed by atoms with van der Waals surface area (Å²) in [6, 6.07) is 7.11. The summed E-state index contributed by atoms with van der Waals surface area (Å²) in [5.41, 5.74) is 11.4. The lowest BCUT2D eigenvalue weighted by Gasteiger charge is -2.34. The average Bonchev–Trinajstić information content (AvgIpc) is 3.22. The molecule has 0 radical (unpaired) electrons. The van der Waals surface area contributed by atoms with Gasteiger partial charge in [0.15, 0.2) is 17.2 Å². The molecule has 188 valence electrons. The number of fused-ring (bicyclic) bond motifs is 1. The Morgan fingerprint density at radius 3 is 2.36 bits per heavy atom. The van der Waals surface area contributed by atoms with Crippen LogP contribution in [-0.2, 0) is 4.79 Å². The van der Waals surface area contributed by atoms with Gasteiger partial charge in [-0.1, -0.05) is 0 Å². The molecule has 1 aliphatic heterocycles. The molecule has 0 spiro atoms. The number of aromatic nitrogens is 2. The van der Waals surface area contributed by atoms with Crippen LogP contribution in [0.15, 0.2) is 42.7 Å². The number of hydrogen-bond acceptors (Lipinski definition) is 9. The molecule has 0 unspecified atom stereocenters. The molecule has 12 heteroatoms. The molecule has 0 aliphatic carbocycles. The smallest absolute Gasteiger partial charge is 0.273 e. The highest BCUT2D eigenvalue weighted by Gasteiger charge is 2.37. The SMILES string of the molecule is CC(C)(C)NC(=O)[C@H](c1ccncc1)N(C(=O)c1snc(C(N)=O)c1N)c1ccc2c(c1)OCCO2. The highest BCUT2D eigenvalue weighted by atomic mass is 32.1. The Balaban J connectivity index is 1.90. The standard InChI is InChI=1S/C24H26N6O5S/c1-24(2,3)28-22(32)19(13-6-8-27-9-7-13)30(14-4-5-15-16(12-14)35-11-10-34-15)23(33)20-17(25)18(21(26)31)29-36-20/h4-9,12,19H,10-11,25H2,1-3H3,(H2,26,31)(H,28,32)/t19-/m0/s1. The number of amides is 3. The van der Waals surface area contributed by atoms with Crippen molar-refractivity contribution in [1.29, 1.82) is 0 Å². The molecular formula is C24H26N6O5S. The van der Waals surface area contributed by atoms with Gasteiger partial charge in [-0.15, -0.1) is 0 Å². The summed E-state index contributed by atoms with van der Waals surface area (Å²) >= 11 is 0.735. The predicted molar refractivity (Wildman–Crippen MR) is 134 cm³/mol. The van der Waals surface area contributed by atoms with Crippen LogP contribution in [0.25, 0.3) is 0 Å². The number of anilines is 2. The summed E-state index contributed by atoms with van der Waals surface area (Å²) in [6.07, 6.45) is 3.07. The Labute approximate surface area is 211 Å². The average molecular weight is 511 g/mol. The lowest BCUT2D eigenvalue weighted by Crippen LogP contribution is -2.49. The van der Waals surface area contributed by atoms with Gasteiger partial charge in [0.25, 0.3) is 11.8 Å². The van der Waals surface area contributed by atoms with E-state index in [4.69, 9.17) is 20.9 Å². The van der Waals surface area contributed by atoms with Crippen LogP contribution in [0.2, 0.25) is 0 Å². The number of carbonyl (C=O) groups excluding carboxylic acids is 3. The molecule has 0 bridgehead atoms. The van der Waals surface area contributed by atoms with Crippen molar-refractivity contribution in [2.45, 2.75) is 32.4 Å². The fourth-order valence-electron chi connectivity index (χ4n) is 3.71. The predicted octanol–water partition coefficient (Wildman–Crippen LogP) is 2.29. The number of primary amides is 1. The van der Waals surface area contributed by atoms with Gasteiger partial charge in [0.2, 0.25) is 5.91 Å². The highest BCUT2D eigenvalue weighted by molar-refractivity contribution is 7.09. The van der Waals surface area contributed by atoms with Gasteiger partial charge in [-0.2, -0.15) is 4.37 Å². The number of nitrogen functional groups attached to an aromatic ring is 1. The second-order valence-corrected chi connectivity index (χ2v) is 9.84. The fraction of sp³-hybridized carbons (Fsp3) is 0.292. The topological polar surface area (TPSA) is 163 Å². The van der Waals surface area contributed by atoms with Crippen molar-refractivity contribution in [3.8, 4) is 11.5 Å². The monoisotopic (exact) mass is 510 g/mol. The van der Waals surface area contributed by atoms with E-state index in [0.717, 1.165) is 11.5 Å². The van der Waals surface area contributed by atoms with Gasteiger partial charge in [-0.25, -0.2) is 0 Å². The van der Waals surface area contributed by atoms with Gasteiger partial charge in [0.1, 0.15) is 24.1 Å². The summed E-state index contributed by atoms with van der Waals surface area (Å²) in [6.45, 7) is 6.25. The first-order chi connectivity index (χ1) is 17.1. The molecule has 1 aliphatic rings. The Kier molecular flexibility index (Phi) is 6.80. The molecule has 1 atom stereocenters. The molecule has 3 amide bonds. The van der Waals surface area contributed by atoms with Gasteiger partial charge in [0, 0.05) is 29.7 Å². The summed E-state index contributed by atoms with van der Waals surface area (Å²) in [4.78, 5) is 44.8. The Morgan fingerprint density at radius 1 is 1.08 bits per heavy atom. The summed E-state index contributed by atoms with van der Waals surface area (Å²) in [7, 11) is 0. The summed E-state index contributed by atoms with van der Waals surface area (Å²) in [5.74, 6) is -0.985. The molecule has 11 nitrogen and oxygen atoms in total. The van der Waals surface area contributed by atoms with Crippen LogP contribution in [0.1, 0.15) is 52.5 Å². The molecule has 3 heterocycles. The molecule has 36 heavy (non-hydrogen) atoms. The largest absolute Gasteiger partial charge is 0.486 e. The Morgan fingerprint density at radius 2 is 1.75 bits per heavy atom. The van der Waals surface area contributed by atoms with E-state index in [0.29, 0.717) is 36.0 Å². The van der Waals surface area contributed by atoms with Crippen molar-refractivity contribution in [3.63, 3.8) is 0 Å². The Bertz CT molecular complexity index is 1300. The van der Waals surface area contributed by atoms with E-state index in [9.17, 15) is 14.4 Å². The van der Waals surface area contributed by atoms with Crippen molar-refractivity contribution in [2.24, 2.45) is 5.73 Å². The molecule has 1 aromatic carbocycles. The van der Waals surface area contributed by atoms with Gasteiger partial charge < -0.3 is 26.3 Å². The van der Waals surface area contributed by atoms with Crippen LogP contribution >= 0.6 is 11.5 Å². The maximum absolute atomic E-state index is 14.1. The zero-order valence-corrected chi connectivity index (χ0v) is 20.8. The van der Waals surface area contributed by atoms with E-state index in [1.54, 1.807) is 30.3 Å². The molecule has 2 aromatic heterocycles. The summed E-state index contributed by atoms with van der Waals surface area (Å²) in [5, 5.41) is 2.95. The number of carbonyl (C=O) groups is 3. The fourth-order valence-corrected chi connectivity index (χ4v) is 4.45. The first-order valence-corrected chi connectivity index (χ1v) is 11.8. The van der Waals surface area contributed by atoms with Crippen molar-refractivity contribution in [2.75, 3.05) is 23.8 Å². The molecule has 0 saturated carbocycles. The number of hydrogen-bond donors (Lipinski definition) is 3. The zero-order chi connectivity index (χ0) is 26.0. The van der Waals surface area contributed by atoms with E-state index in [1.807, 2.05) is 20.8 Å². The molecule has 4 rings (SSSR count). The van der Waals surface area contributed by atoms with Gasteiger partial charge >= 0.3 is 0 Å². The van der Waals surface area contributed by atoms with E-state index in [2.05, 4.69) is 14.7 Å². The second kappa shape index (κ2) is 9.82. The number of ether oxygens (including phenoxy) is 2. The highest BCUT2D eigenvalue weighted by Crippen LogP contribution is 2.39. The van der Waals surface area contributed by atoms with Crippen LogP contribution in [0.3, 0.4) is 0 Å².